The van der Waals surface area contributed by atoms with E-state index in [9.17, 15) is 13.6 Å². The van der Waals surface area contributed by atoms with Crippen molar-refractivity contribution in [3.05, 3.63) is 30.1 Å². The van der Waals surface area contributed by atoms with Gasteiger partial charge < -0.3 is 27.9 Å². The molecule has 3 aromatic rings. The maximum Gasteiger partial charge on any atom is 0.410 e. The molecule has 3 heterocycles. The summed E-state index contributed by atoms with van der Waals surface area (Å²) in [4.78, 5) is 18.3. The number of fused-ring (bicyclic) bond motifs is 1. The Balaban J connectivity index is 1.31. The van der Waals surface area contributed by atoms with Crippen LogP contribution in [0.15, 0.2) is 38.1 Å². The summed E-state index contributed by atoms with van der Waals surface area (Å²) >= 11 is -2.32. The van der Waals surface area contributed by atoms with Gasteiger partial charge in [-0.15, -0.1) is 0 Å². The minimum atomic E-state index is -2.32. The average Bonchev–Trinajstić information content (AvgIpc) is 3.37. The maximum absolute atomic E-state index is 12.1. The van der Waals surface area contributed by atoms with Crippen LogP contribution in [-0.2, 0) is 27.2 Å². The van der Waals surface area contributed by atoms with Crippen LogP contribution in [0.5, 0.6) is 0 Å². The molecule has 10 nitrogen and oxygen atoms in total. The third-order valence-corrected chi connectivity index (χ3v) is 5.54. The van der Waals surface area contributed by atoms with Gasteiger partial charge in [-0.05, 0) is 69.0 Å². The van der Waals surface area contributed by atoms with Crippen molar-refractivity contribution in [1.82, 2.24) is 15.0 Å². The highest BCUT2D eigenvalue weighted by Gasteiger charge is 2.27. The highest BCUT2D eigenvalue weighted by atomic mass is 32.2. The number of benzene rings is 1. The highest BCUT2D eigenvalue weighted by molar-refractivity contribution is 7.79. The molecule has 2 aromatic heterocycles. The van der Waals surface area contributed by atoms with E-state index < -0.39 is 16.7 Å². The first-order valence-corrected chi connectivity index (χ1v) is 11.3. The van der Waals surface area contributed by atoms with Gasteiger partial charge in [-0.3, -0.25) is 4.21 Å². The Hall–Kier alpha value is -2.76. The van der Waals surface area contributed by atoms with Crippen LogP contribution in [0.3, 0.4) is 0 Å². The van der Waals surface area contributed by atoms with E-state index in [1.807, 2.05) is 20.8 Å². The molecule has 11 heteroatoms. The Bertz CT molecular complexity index is 1130. The van der Waals surface area contributed by atoms with Crippen LogP contribution in [0.25, 0.3) is 22.6 Å². The van der Waals surface area contributed by atoms with Crippen LogP contribution in [0.1, 0.15) is 39.4 Å². The second-order valence-electron chi connectivity index (χ2n) is 8.54. The zero-order valence-corrected chi connectivity index (χ0v) is 18.8. The molecule has 1 unspecified atom stereocenters. The van der Waals surface area contributed by atoms with E-state index in [-0.39, 0.29) is 29.6 Å². The first-order chi connectivity index (χ1) is 15.2. The molecule has 1 aliphatic heterocycles. The molecule has 0 radical (unpaired) electrons. The van der Waals surface area contributed by atoms with Crippen LogP contribution >= 0.6 is 0 Å². The molecule has 0 aliphatic carbocycles. The molecule has 1 atom stereocenters. The number of ether oxygens (including phenoxy) is 2. The number of amides is 1. The third kappa shape index (κ3) is 5.34. The van der Waals surface area contributed by atoms with Gasteiger partial charge in [-0.25, -0.2) is 4.79 Å². The molecular formula is C21H24N3O7S-. The van der Waals surface area contributed by atoms with E-state index in [4.69, 9.17) is 18.4 Å². The van der Waals surface area contributed by atoms with Crippen molar-refractivity contribution in [3.8, 4) is 11.7 Å². The summed E-state index contributed by atoms with van der Waals surface area (Å²) in [5, 5.41) is 4.54. The van der Waals surface area contributed by atoms with E-state index in [0.717, 1.165) is 0 Å². The van der Waals surface area contributed by atoms with Crippen molar-refractivity contribution in [3.63, 3.8) is 0 Å². The number of carbonyl (C=O) groups excluding carboxylic acids is 1. The number of carbonyl (C=O) groups is 1. The van der Waals surface area contributed by atoms with Gasteiger partial charge >= 0.3 is 6.09 Å². The predicted octanol–water partition coefficient (Wildman–Crippen LogP) is 3.64. The van der Waals surface area contributed by atoms with E-state index in [1.54, 1.807) is 17.0 Å². The largest absolute Gasteiger partial charge is 0.768 e. The second-order valence-corrected chi connectivity index (χ2v) is 9.48. The van der Waals surface area contributed by atoms with Crippen LogP contribution in [0.2, 0.25) is 0 Å². The number of aromatic nitrogens is 2. The smallest absolute Gasteiger partial charge is 0.410 e. The van der Waals surface area contributed by atoms with E-state index >= 15 is 0 Å². The Morgan fingerprint density at radius 3 is 2.72 bits per heavy atom. The maximum atomic E-state index is 12.1. The summed E-state index contributed by atoms with van der Waals surface area (Å²) in [5.74, 6) is 0.902. The van der Waals surface area contributed by atoms with Gasteiger partial charge in [0.15, 0.2) is 11.6 Å². The normalized spacial score (nSPS) is 16.4. The van der Waals surface area contributed by atoms with Crippen molar-refractivity contribution in [2.45, 2.75) is 56.8 Å². The minimum Gasteiger partial charge on any atom is -0.768 e. The monoisotopic (exact) mass is 462 g/mol. The second kappa shape index (κ2) is 9.00. The summed E-state index contributed by atoms with van der Waals surface area (Å²) in [6.07, 6.45) is 1.06. The lowest BCUT2D eigenvalue weighted by Gasteiger charge is -2.33. The number of likely N-dealkylation sites (tertiary alicyclic amines) is 1. The molecule has 1 aliphatic rings. The number of furan rings is 1. The number of piperidine rings is 1. The molecule has 4 rings (SSSR count). The fourth-order valence-electron chi connectivity index (χ4n) is 3.37. The van der Waals surface area contributed by atoms with Crippen LogP contribution in [-0.4, -0.2) is 54.7 Å². The van der Waals surface area contributed by atoms with Crippen LogP contribution in [0, 0.1) is 0 Å². The number of nitrogens with zero attached hydrogens (tertiary/aromatic N) is 3. The zero-order chi connectivity index (χ0) is 22.9. The van der Waals surface area contributed by atoms with Crippen LogP contribution < -0.4 is 0 Å². The van der Waals surface area contributed by atoms with Gasteiger partial charge in [0.1, 0.15) is 17.8 Å². The highest BCUT2D eigenvalue weighted by Crippen LogP contribution is 2.28. The topological polar surface area (TPSA) is 131 Å². The number of hydrogen-bond donors (Lipinski definition) is 0. The Morgan fingerprint density at radius 2 is 2.03 bits per heavy atom. The lowest BCUT2D eigenvalue weighted by Crippen LogP contribution is -2.43. The standard InChI is InChI=1S/C21H25N3O7S/c1-21(2,3)30-20(25)24-8-6-14(7-9-24)28-12-18-22-19(31-23-18)17-11-13-10-15(32(26)27)4-5-16(13)29-17/h4-5,10-11,14H,6-9,12H2,1-3H3,(H,26,27)/p-1. The summed E-state index contributed by atoms with van der Waals surface area (Å²) in [5.41, 5.74) is -0.000439. The molecule has 1 fully saturated rings. The zero-order valence-electron chi connectivity index (χ0n) is 18.0. The first-order valence-electron chi connectivity index (χ1n) is 10.2. The first kappa shape index (κ1) is 22.4. The molecule has 172 valence electrons. The van der Waals surface area contributed by atoms with Crippen molar-refractivity contribution in [2.24, 2.45) is 0 Å². The molecule has 1 amide bonds. The van der Waals surface area contributed by atoms with E-state index in [2.05, 4.69) is 10.1 Å². The molecule has 1 saturated heterocycles. The minimum absolute atomic E-state index is 0.0202. The lowest BCUT2D eigenvalue weighted by atomic mass is 10.1. The molecule has 0 saturated carbocycles. The summed E-state index contributed by atoms with van der Waals surface area (Å²) in [7, 11) is 0. The Labute approximate surface area is 187 Å². The fraction of sp³-hybridized carbons (Fsp3) is 0.476. The Kier molecular flexibility index (Phi) is 6.31. The van der Waals surface area contributed by atoms with Crippen molar-refractivity contribution in [1.29, 1.82) is 0 Å². The van der Waals surface area contributed by atoms with Gasteiger partial charge in [0.05, 0.1) is 6.10 Å². The Morgan fingerprint density at radius 1 is 1.28 bits per heavy atom. The van der Waals surface area contributed by atoms with Crippen molar-refractivity contribution >= 4 is 28.1 Å². The van der Waals surface area contributed by atoms with Gasteiger partial charge in [-0.1, -0.05) is 5.16 Å². The van der Waals surface area contributed by atoms with E-state index in [1.165, 1.54) is 12.1 Å². The summed E-state index contributed by atoms with van der Waals surface area (Å²) in [6, 6.07) is 6.19. The molecule has 1 aromatic carbocycles. The fourth-order valence-corrected chi connectivity index (χ4v) is 3.77. The molecule has 0 N–H and O–H groups in total. The van der Waals surface area contributed by atoms with Gasteiger partial charge in [-0.2, -0.15) is 4.98 Å². The lowest BCUT2D eigenvalue weighted by molar-refractivity contribution is -0.0190. The molecule has 32 heavy (non-hydrogen) atoms. The molecular weight excluding hydrogens is 438 g/mol. The molecule has 0 bridgehead atoms. The average molecular weight is 463 g/mol. The number of rotatable bonds is 5. The van der Waals surface area contributed by atoms with Gasteiger partial charge in [0.2, 0.25) is 0 Å². The summed E-state index contributed by atoms with van der Waals surface area (Å²) < 4.78 is 44.5. The van der Waals surface area contributed by atoms with Gasteiger partial charge in [0.25, 0.3) is 5.89 Å². The third-order valence-electron chi connectivity index (χ3n) is 4.90. The van der Waals surface area contributed by atoms with Crippen LogP contribution in [0.4, 0.5) is 4.79 Å². The van der Waals surface area contributed by atoms with Crippen molar-refractivity contribution in [2.75, 3.05) is 13.1 Å². The molecule has 0 spiro atoms. The van der Waals surface area contributed by atoms with Crippen molar-refractivity contribution < 1.29 is 32.0 Å². The SMILES string of the molecule is CC(C)(C)OC(=O)N1CCC(OCc2noc(-c3cc4cc(S(=O)[O-])ccc4o3)n2)CC1. The van der Waals surface area contributed by atoms with E-state index in [0.29, 0.717) is 48.5 Å². The summed E-state index contributed by atoms with van der Waals surface area (Å²) in [6.45, 7) is 6.82. The van der Waals surface area contributed by atoms with Gasteiger partial charge in [0, 0.05) is 23.4 Å². The quantitative estimate of drug-likeness (QED) is 0.521. The number of hydrogen-bond acceptors (Lipinski definition) is 9. The predicted molar refractivity (Wildman–Crippen MR) is 112 cm³/mol.